The summed E-state index contributed by atoms with van der Waals surface area (Å²) in [5.41, 5.74) is 1.43. The second-order valence-electron chi connectivity index (χ2n) is 5.95. The van der Waals surface area contributed by atoms with Gasteiger partial charge in [0.15, 0.2) is 0 Å². The third-order valence-electron chi connectivity index (χ3n) is 3.17. The van der Waals surface area contributed by atoms with Gasteiger partial charge in [-0.2, -0.15) is 0 Å². The van der Waals surface area contributed by atoms with Gasteiger partial charge in [0.2, 0.25) is 5.91 Å². The first kappa shape index (κ1) is 20.1. The Bertz CT molecular complexity index is 526. The van der Waals surface area contributed by atoms with E-state index < -0.39 is 0 Å². The van der Waals surface area contributed by atoms with E-state index in [1.807, 2.05) is 34.6 Å². The zero-order valence-corrected chi connectivity index (χ0v) is 15.2. The zero-order chi connectivity index (χ0) is 18.1. The summed E-state index contributed by atoms with van der Waals surface area (Å²) in [6.45, 7) is 10.1. The molecule has 0 spiro atoms. The highest BCUT2D eigenvalue weighted by molar-refractivity contribution is 5.95. The van der Waals surface area contributed by atoms with Crippen molar-refractivity contribution in [2.45, 2.75) is 46.8 Å². The molecule has 0 fully saturated rings. The van der Waals surface area contributed by atoms with Crippen molar-refractivity contribution >= 4 is 23.2 Å². The molecule has 0 bridgehead atoms. The molecule has 0 saturated heterocycles. The van der Waals surface area contributed by atoms with Crippen LogP contribution in [-0.2, 0) is 19.1 Å². The Hall–Kier alpha value is -1.92. The van der Waals surface area contributed by atoms with Crippen molar-refractivity contribution in [3.63, 3.8) is 0 Å². The summed E-state index contributed by atoms with van der Waals surface area (Å²) >= 11 is 0. The van der Waals surface area contributed by atoms with Crippen LogP contribution < -0.4 is 10.2 Å². The number of rotatable bonds is 9. The fraction of sp³-hybridized carbons (Fsp3) is 0.556. The van der Waals surface area contributed by atoms with Crippen molar-refractivity contribution in [1.82, 2.24) is 0 Å². The Morgan fingerprint density at radius 1 is 1.00 bits per heavy atom. The van der Waals surface area contributed by atoms with E-state index in [9.17, 15) is 9.59 Å². The summed E-state index contributed by atoms with van der Waals surface area (Å²) in [4.78, 5) is 25.6. The number of carbonyl (C=O) groups excluding carboxylic acids is 2. The van der Waals surface area contributed by atoms with Gasteiger partial charge in [-0.05, 0) is 58.9 Å². The molecule has 2 amide bonds. The number of carbonyl (C=O) groups is 2. The van der Waals surface area contributed by atoms with Crippen LogP contribution >= 0.6 is 0 Å². The molecule has 0 aliphatic carbocycles. The Morgan fingerprint density at radius 2 is 1.54 bits per heavy atom. The smallest absolute Gasteiger partial charge is 0.252 e. The third kappa shape index (κ3) is 7.10. The van der Waals surface area contributed by atoms with Crippen LogP contribution in [0.4, 0.5) is 11.4 Å². The first-order chi connectivity index (χ1) is 11.3. The van der Waals surface area contributed by atoms with Crippen LogP contribution in [0.3, 0.4) is 0 Å². The van der Waals surface area contributed by atoms with Crippen LogP contribution in [0.15, 0.2) is 24.3 Å². The fourth-order valence-corrected chi connectivity index (χ4v) is 1.98. The standard InChI is InChI=1S/C18H28N2O4/c1-6-20(18(22)12-24-14(4)5)16-9-7-15(8-10-16)19-17(21)11-23-13(2)3/h7-10,13-14H,6,11-12H2,1-5H3,(H,19,21). The minimum Gasteiger partial charge on any atom is -0.369 e. The number of ether oxygens (including phenoxy) is 2. The molecule has 1 rings (SSSR count). The SMILES string of the molecule is CCN(C(=O)COC(C)C)c1ccc(NC(=O)COC(C)C)cc1. The van der Waals surface area contributed by atoms with Gasteiger partial charge in [0, 0.05) is 17.9 Å². The van der Waals surface area contributed by atoms with Crippen molar-refractivity contribution in [2.24, 2.45) is 0 Å². The molecule has 1 aromatic rings. The van der Waals surface area contributed by atoms with E-state index in [4.69, 9.17) is 9.47 Å². The lowest BCUT2D eigenvalue weighted by atomic mass is 10.2. The summed E-state index contributed by atoms with van der Waals surface area (Å²) in [6.07, 6.45) is 0.0219. The van der Waals surface area contributed by atoms with E-state index in [0.717, 1.165) is 5.69 Å². The van der Waals surface area contributed by atoms with Gasteiger partial charge >= 0.3 is 0 Å². The predicted molar refractivity (Wildman–Crippen MR) is 95.3 cm³/mol. The number of hydrogen-bond donors (Lipinski definition) is 1. The summed E-state index contributed by atoms with van der Waals surface area (Å²) in [5, 5.41) is 2.76. The molecule has 1 aromatic carbocycles. The van der Waals surface area contributed by atoms with Crippen molar-refractivity contribution < 1.29 is 19.1 Å². The molecule has 6 heteroatoms. The van der Waals surface area contributed by atoms with Gasteiger partial charge in [0.05, 0.1) is 12.2 Å². The van der Waals surface area contributed by atoms with E-state index in [1.54, 1.807) is 29.2 Å². The fourth-order valence-electron chi connectivity index (χ4n) is 1.98. The topological polar surface area (TPSA) is 67.9 Å². The highest BCUT2D eigenvalue weighted by Gasteiger charge is 2.14. The van der Waals surface area contributed by atoms with Crippen LogP contribution in [0.1, 0.15) is 34.6 Å². The van der Waals surface area contributed by atoms with Gasteiger partial charge in [-0.25, -0.2) is 0 Å². The number of likely N-dealkylation sites (N-methyl/N-ethyl adjacent to an activating group) is 1. The average molecular weight is 336 g/mol. The number of nitrogens with one attached hydrogen (secondary N) is 1. The molecule has 0 aromatic heterocycles. The molecular weight excluding hydrogens is 308 g/mol. The summed E-state index contributed by atoms with van der Waals surface area (Å²) in [6, 6.07) is 7.13. The van der Waals surface area contributed by atoms with Crippen LogP contribution in [0, 0.1) is 0 Å². The third-order valence-corrected chi connectivity index (χ3v) is 3.17. The maximum absolute atomic E-state index is 12.2. The first-order valence-electron chi connectivity index (χ1n) is 8.27. The summed E-state index contributed by atoms with van der Waals surface area (Å²) in [7, 11) is 0. The Labute approximate surface area is 144 Å². The van der Waals surface area contributed by atoms with E-state index in [2.05, 4.69) is 5.32 Å². The van der Waals surface area contributed by atoms with Crippen LogP contribution in [0.5, 0.6) is 0 Å². The lowest BCUT2D eigenvalue weighted by Crippen LogP contribution is -2.34. The molecule has 0 heterocycles. The predicted octanol–water partition coefficient (Wildman–Crippen LogP) is 2.83. The van der Waals surface area contributed by atoms with Gasteiger partial charge in [-0.1, -0.05) is 0 Å². The van der Waals surface area contributed by atoms with Crippen molar-refractivity contribution in [2.75, 3.05) is 30.0 Å². The van der Waals surface area contributed by atoms with E-state index >= 15 is 0 Å². The van der Waals surface area contributed by atoms with Crippen molar-refractivity contribution in [3.05, 3.63) is 24.3 Å². The normalized spacial score (nSPS) is 11.0. The highest BCUT2D eigenvalue weighted by Crippen LogP contribution is 2.18. The zero-order valence-electron chi connectivity index (χ0n) is 15.2. The lowest BCUT2D eigenvalue weighted by Gasteiger charge is -2.22. The largest absolute Gasteiger partial charge is 0.369 e. The minimum absolute atomic E-state index is 0.00955. The van der Waals surface area contributed by atoms with Gasteiger partial charge in [0.1, 0.15) is 13.2 Å². The Balaban J connectivity index is 2.64. The van der Waals surface area contributed by atoms with Gasteiger partial charge in [-0.15, -0.1) is 0 Å². The second-order valence-corrected chi connectivity index (χ2v) is 5.95. The molecule has 0 unspecified atom stereocenters. The summed E-state index contributed by atoms with van der Waals surface area (Å²) < 4.78 is 10.6. The number of anilines is 2. The van der Waals surface area contributed by atoms with Gasteiger partial charge in [-0.3, -0.25) is 9.59 Å². The molecule has 0 aliphatic rings. The highest BCUT2D eigenvalue weighted by atomic mass is 16.5. The minimum atomic E-state index is -0.204. The van der Waals surface area contributed by atoms with E-state index in [-0.39, 0.29) is 37.2 Å². The quantitative estimate of drug-likeness (QED) is 0.753. The Morgan fingerprint density at radius 3 is 2.04 bits per heavy atom. The molecule has 0 atom stereocenters. The maximum Gasteiger partial charge on any atom is 0.252 e. The van der Waals surface area contributed by atoms with Crippen LogP contribution in [0.25, 0.3) is 0 Å². The number of hydrogen-bond acceptors (Lipinski definition) is 4. The number of amides is 2. The molecule has 0 saturated carbocycles. The summed E-state index contributed by atoms with van der Waals surface area (Å²) in [5.74, 6) is -0.293. The van der Waals surface area contributed by atoms with Crippen molar-refractivity contribution in [3.8, 4) is 0 Å². The molecule has 6 nitrogen and oxygen atoms in total. The molecule has 0 aliphatic heterocycles. The van der Waals surface area contributed by atoms with E-state index in [1.165, 1.54) is 0 Å². The average Bonchev–Trinajstić information content (AvgIpc) is 2.53. The number of nitrogens with zero attached hydrogens (tertiary/aromatic N) is 1. The lowest BCUT2D eigenvalue weighted by molar-refractivity contribution is -0.124. The molecule has 1 N–H and O–H groups in total. The monoisotopic (exact) mass is 336 g/mol. The molecule has 0 radical (unpaired) electrons. The van der Waals surface area contributed by atoms with Crippen molar-refractivity contribution in [1.29, 1.82) is 0 Å². The Kier molecular flexibility index (Phi) is 8.43. The van der Waals surface area contributed by atoms with E-state index in [0.29, 0.717) is 12.2 Å². The molecule has 134 valence electrons. The second kappa shape index (κ2) is 10.1. The van der Waals surface area contributed by atoms with Gasteiger partial charge < -0.3 is 19.7 Å². The van der Waals surface area contributed by atoms with Gasteiger partial charge in [0.25, 0.3) is 5.91 Å². The molecular formula is C18H28N2O4. The van der Waals surface area contributed by atoms with Crippen LogP contribution in [0.2, 0.25) is 0 Å². The first-order valence-corrected chi connectivity index (χ1v) is 8.27. The van der Waals surface area contributed by atoms with Crippen LogP contribution in [-0.4, -0.2) is 43.8 Å². The number of benzene rings is 1. The molecule has 24 heavy (non-hydrogen) atoms. The maximum atomic E-state index is 12.2.